The number of carbonyl (C=O) groups is 1. The van der Waals surface area contributed by atoms with E-state index in [9.17, 15) is 13.2 Å². The van der Waals surface area contributed by atoms with Gasteiger partial charge in [0.1, 0.15) is 0 Å². The molecule has 0 aliphatic heterocycles. The second-order valence-electron chi connectivity index (χ2n) is 4.33. The first-order chi connectivity index (χ1) is 10.9. The van der Waals surface area contributed by atoms with Crippen LogP contribution in [0, 0.1) is 0 Å². The molecule has 5 N–H and O–H groups in total. The minimum absolute atomic E-state index is 0.0323. The lowest BCUT2D eigenvalue weighted by molar-refractivity contribution is 0.105. The van der Waals surface area contributed by atoms with Crippen molar-refractivity contribution < 1.29 is 13.2 Å². The van der Waals surface area contributed by atoms with Gasteiger partial charge in [-0.2, -0.15) is 8.42 Å². The molecule has 0 aliphatic carbocycles. The van der Waals surface area contributed by atoms with Crippen LogP contribution in [0.3, 0.4) is 0 Å². The van der Waals surface area contributed by atoms with Crippen molar-refractivity contribution in [3.8, 4) is 0 Å². The van der Waals surface area contributed by atoms with Crippen LogP contribution in [0.1, 0.15) is 9.67 Å². The van der Waals surface area contributed by atoms with Crippen molar-refractivity contribution in [2.75, 3.05) is 5.32 Å². The third-order valence-electron chi connectivity index (χ3n) is 2.63. The molecule has 0 aliphatic rings. The van der Waals surface area contributed by atoms with Gasteiger partial charge in [0, 0.05) is 18.0 Å². The van der Waals surface area contributed by atoms with Crippen molar-refractivity contribution in [3.05, 3.63) is 58.9 Å². The Labute approximate surface area is 137 Å². The van der Waals surface area contributed by atoms with Gasteiger partial charge in [-0.25, -0.2) is 0 Å². The predicted octanol–water partition coefficient (Wildman–Crippen LogP) is 1.52. The highest BCUT2D eigenvalue weighted by Crippen LogP contribution is 2.16. The van der Waals surface area contributed by atoms with Gasteiger partial charge in [0.2, 0.25) is 5.96 Å². The maximum Gasteiger partial charge on any atom is 0.285 e. The summed E-state index contributed by atoms with van der Waals surface area (Å²) >= 11 is 1.36. The maximum absolute atomic E-state index is 11.8. The first kappa shape index (κ1) is 16.7. The first-order valence-electron chi connectivity index (χ1n) is 6.35. The molecule has 9 heteroatoms. The number of carbonyl (C=O) groups excluding carboxylic acids is 1. The smallest absolute Gasteiger partial charge is 0.285 e. The molecule has 0 unspecified atom stereocenters. The number of nitrogens with one attached hydrogen (secondary N) is 1. The van der Waals surface area contributed by atoms with Crippen LogP contribution in [0.2, 0.25) is 0 Å². The number of hydrogen-bond acceptors (Lipinski definition) is 5. The maximum atomic E-state index is 11.8. The molecular formula is C14H14N4O3S2. The van der Waals surface area contributed by atoms with Crippen molar-refractivity contribution >= 4 is 38.8 Å². The van der Waals surface area contributed by atoms with E-state index < -0.39 is 16.0 Å². The Morgan fingerprint density at radius 3 is 2.43 bits per heavy atom. The predicted molar refractivity (Wildman–Crippen MR) is 90.8 cm³/mol. The van der Waals surface area contributed by atoms with Gasteiger partial charge in [-0.15, -0.1) is 15.7 Å². The SMILES string of the molecule is NC(N)=NS(=O)(=O)c1ccc(N/C=C\C(=O)c2cccs2)cc1. The Balaban J connectivity index is 2.03. The zero-order valence-corrected chi connectivity index (χ0v) is 13.5. The Hall–Kier alpha value is -2.65. The highest BCUT2D eigenvalue weighted by atomic mass is 32.2. The standard InChI is InChI=1S/C14H14N4O3S2/c15-14(16)18-23(20,21)11-5-3-10(4-6-11)17-8-7-12(19)13-2-1-9-22-13/h1-9,17H,(H4,15,16,18)/b8-7-. The molecule has 0 fully saturated rings. The fourth-order valence-corrected chi connectivity index (χ4v) is 3.14. The minimum atomic E-state index is -3.90. The van der Waals surface area contributed by atoms with Crippen molar-refractivity contribution in [2.24, 2.45) is 15.9 Å². The van der Waals surface area contributed by atoms with Gasteiger partial charge in [-0.1, -0.05) is 6.07 Å². The summed E-state index contributed by atoms with van der Waals surface area (Å²) in [6.45, 7) is 0. The number of ketones is 1. The molecule has 0 spiro atoms. The lowest BCUT2D eigenvalue weighted by Crippen LogP contribution is -2.24. The monoisotopic (exact) mass is 350 g/mol. The summed E-state index contributed by atoms with van der Waals surface area (Å²) < 4.78 is 26.7. The number of nitrogens with two attached hydrogens (primary N) is 2. The number of anilines is 1. The molecule has 0 amide bonds. The van der Waals surface area contributed by atoms with Crippen LogP contribution >= 0.6 is 11.3 Å². The number of nitrogens with zero attached hydrogens (tertiary/aromatic N) is 1. The zero-order valence-electron chi connectivity index (χ0n) is 11.8. The lowest BCUT2D eigenvalue weighted by Gasteiger charge is -2.03. The molecule has 0 atom stereocenters. The summed E-state index contributed by atoms with van der Waals surface area (Å²) in [5.74, 6) is -0.637. The summed E-state index contributed by atoms with van der Waals surface area (Å²) in [7, 11) is -3.90. The normalized spacial score (nSPS) is 11.3. The van der Waals surface area contributed by atoms with Crippen LogP contribution in [0.25, 0.3) is 0 Å². The van der Waals surface area contributed by atoms with E-state index in [1.54, 1.807) is 12.1 Å². The Morgan fingerprint density at radius 2 is 1.87 bits per heavy atom. The van der Waals surface area contributed by atoms with Crippen LogP contribution in [0.15, 0.2) is 63.3 Å². The van der Waals surface area contributed by atoms with Crippen molar-refractivity contribution in [2.45, 2.75) is 4.90 Å². The molecule has 0 bridgehead atoms. The molecule has 7 nitrogen and oxygen atoms in total. The molecule has 2 aromatic rings. The van der Waals surface area contributed by atoms with Crippen molar-refractivity contribution in [1.29, 1.82) is 0 Å². The number of hydrogen-bond donors (Lipinski definition) is 3. The third-order valence-corrected chi connectivity index (χ3v) is 4.83. The second kappa shape index (κ2) is 7.07. The molecule has 2 rings (SSSR count). The number of sulfonamides is 1. The van der Waals surface area contributed by atoms with Crippen molar-refractivity contribution in [1.82, 2.24) is 0 Å². The van der Waals surface area contributed by atoms with Crippen LogP contribution in [0.5, 0.6) is 0 Å². The summed E-state index contributed by atoms with van der Waals surface area (Å²) in [5, 5.41) is 4.70. The molecule has 1 aromatic heterocycles. The van der Waals surface area contributed by atoms with E-state index in [1.165, 1.54) is 47.9 Å². The number of thiophene rings is 1. The third kappa shape index (κ3) is 4.66. The minimum Gasteiger partial charge on any atom is -0.369 e. The highest BCUT2D eigenvalue weighted by Gasteiger charge is 2.12. The van der Waals surface area contributed by atoms with Crippen LogP contribution < -0.4 is 16.8 Å². The van der Waals surface area contributed by atoms with Crippen molar-refractivity contribution in [3.63, 3.8) is 0 Å². The Morgan fingerprint density at radius 1 is 1.17 bits per heavy atom. The molecule has 120 valence electrons. The van der Waals surface area contributed by atoms with Gasteiger partial charge < -0.3 is 16.8 Å². The van der Waals surface area contributed by atoms with Gasteiger partial charge in [0.25, 0.3) is 10.0 Å². The molecule has 1 heterocycles. The summed E-state index contributed by atoms with van der Waals surface area (Å²) in [6.07, 6.45) is 2.89. The van der Waals surface area contributed by atoms with Gasteiger partial charge in [-0.05, 0) is 35.7 Å². The molecule has 23 heavy (non-hydrogen) atoms. The van der Waals surface area contributed by atoms with E-state index in [0.29, 0.717) is 10.6 Å². The largest absolute Gasteiger partial charge is 0.369 e. The highest BCUT2D eigenvalue weighted by molar-refractivity contribution is 7.90. The molecule has 1 aromatic carbocycles. The van der Waals surface area contributed by atoms with Crippen LogP contribution in [0.4, 0.5) is 5.69 Å². The first-order valence-corrected chi connectivity index (χ1v) is 8.67. The number of allylic oxidation sites excluding steroid dienone is 1. The summed E-state index contributed by atoms with van der Waals surface area (Å²) in [5.41, 5.74) is 10.8. The van der Waals surface area contributed by atoms with E-state index in [0.717, 1.165) is 0 Å². The number of guanidine groups is 1. The molecule has 0 radical (unpaired) electrons. The van der Waals surface area contributed by atoms with Gasteiger partial charge in [0.15, 0.2) is 5.78 Å². The summed E-state index contributed by atoms with van der Waals surface area (Å²) in [6, 6.07) is 9.33. The lowest BCUT2D eigenvalue weighted by atomic mass is 10.3. The fraction of sp³-hybridized carbons (Fsp3) is 0. The average Bonchev–Trinajstić information content (AvgIpc) is 3.00. The van der Waals surface area contributed by atoms with E-state index in [2.05, 4.69) is 9.71 Å². The second-order valence-corrected chi connectivity index (χ2v) is 6.89. The van der Waals surface area contributed by atoms with E-state index in [-0.39, 0.29) is 10.7 Å². The van der Waals surface area contributed by atoms with Gasteiger partial charge in [0.05, 0.1) is 9.77 Å². The Kier molecular flexibility index (Phi) is 5.14. The zero-order chi connectivity index (χ0) is 16.9. The fourth-order valence-electron chi connectivity index (χ4n) is 1.63. The topological polar surface area (TPSA) is 128 Å². The number of rotatable bonds is 6. The van der Waals surface area contributed by atoms with Gasteiger partial charge in [-0.3, -0.25) is 4.79 Å². The quantitative estimate of drug-likeness (QED) is 0.314. The molecular weight excluding hydrogens is 336 g/mol. The molecule has 0 saturated carbocycles. The van der Waals surface area contributed by atoms with E-state index in [1.807, 2.05) is 5.38 Å². The summed E-state index contributed by atoms with van der Waals surface area (Å²) in [4.78, 5) is 12.4. The molecule has 0 saturated heterocycles. The van der Waals surface area contributed by atoms with Crippen LogP contribution in [-0.2, 0) is 10.0 Å². The Bertz CT molecular complexity index is 835. The number of benzene rings is 1. The van der Waals surface area contributed by atoms with E-state index in [4.69, 9.17) is 11.5 Å². The van der Waals surface area contributed by atoms with E-state index >= 15 is 0 Å². The van der Waals surface area contributed by atoms with Gasteiger partial charge >= 0.3 is 0 Å². The van der Waals surface area contributed by atoms with Crippen LogP contribution in [-0.4, -0.2) is 20.2 Å². The average molecular weight is 350 g/mol.